The summed E-state index contributed by atoms with van der Waals surface area (Å²) in [6.07, 6.45) is 0. The Morgan fingerprint density at radius 2 is 2.00 bits per heavy atom. The van der Waals surface area contributed by atoms with Gasteiger partial charge in [-0.2, -0.15) is 4.99 Å². The number of esters is 1. The van der Waals surface area contributed by atoms with Gasteiger partial charge in [0.1, 0.15) is 4.88 Å². The minimum absolute atomic E-state index is 0.205. The van der Waals surface area contributed by atoms with Crippen LogP contribution in [0.15, 0.2) is 35.3 Å². The van der Waals surface area contributed by atoms with Crippen LogP contribution in [-0.2, 0) is 22.3 Å². The predicted octanol–water partition coefficient (Wildman–Crippen LogP) is 2.93. The van der Waals surface area contributed by atoms with E-state index in [1.165, 1.54) is 28.7 Å². The molecule has 0 aliphatic rings. The van der Waals surface area contributed by atoms with E-state index >= 15 is 0 Å². The molecule has 0 radical (unpaired) electrons. The highest BCUT2D eigenvalue weighted by atomic mass is 32.2. The van der Waals surface area contributed by atoms with Crippen LogP contribution in [0.25, 0.3) is 0 Å². The van der Waals surface area contributed by atoms with E-state index in [1.54, 1.807) is 18.5 Å². The zero-order chi connectivity index (χ0) is 17.5. The van der Waals surface area contributed by atoms with Gasteiger partial charge in [-0.1, -0.05) is 41.7 Å². The van der Waals surface area contributed by atoms with Gasteiger partial charge in [0.15, 0.2) is 4.80 Å². The third-order valence-electron chi connectivity index (χ3n) is 3.33. The molecule has 0 N–H and O–H groups in total. The van der Waals surface area contributed by atoms with Gasteiger partial charge in [-0.15, -0.1) is 11.8 Å². The Hall–Kier alpha value is -1.86. The molecule has 0 atom stereocenters. The highest BCUT2D eigenvalue weighted by molar-refractivity contribution is 7.99. The summed E-state index contributed by atoms with van der Waals surface area (Å²) in [6.45, 7) is 3.90. The van der Waals surface area contributed by atoms with Crippen molar-refractivity contribution in [2.75, 3.05) is 12.4 Å². The molecule has 5 nitrogen and oxygen atoms in total. The molecular weight excluding hydrogens is 344 g/mol. The molecule has 1 aromatic carbocycles. The fourth-order valence-corrected chi connectivity index (χ4v) is 3.78. The molecule has 0 unspecified atom stereocenters. The van der Waals surface area contributed by atoms with Crippen LogP contribution in [0, 0.1) is 6.92 Å². The van der Waals surface area contributed by atoms with Gasteiger partial charge >= 0.3 is 5.97 Å². The molecular formula is C17H20N2O3S2. The van der Waals surface area contributed by atoms with Crippen LogP contribution in [0.5, 0.6) is 0 Å². The summed E-state index contributed by atoms with van der Waals surface area (Å²) in [5, 5.41) is 0. The molecule has 0 bridgehead atoms. The number of thiazole rings is 1. The molecule has 1 amide bonds. The normalized spacial score (nSPS) is 11.5. The fraction of sp³-hybridized carbons (Fsp3) is 0.353. The molecule has 7 heteroatoms. The lowest BCUT2D eigenvalue weighted by Crippen LogP contribution is -2.15. The van der Waals surface area contributed by atoms with Crippen LogP contribution in [0.4, 0.5) is 0 Å². The molecule has 0 aliphatic carbocycles. The van der Waals surface area contributed by atoms with Crippen LogP contribution < -0.4 is 4.80 Å². The van der Waals surface area contributed by atoms with Gasteiger partial charge in [-0.25, -0.2) is 4.79 Å². The molecule has 0 saturated heterocycles. The summed E-state index contributed by atoms with van der Waals surface area (Å²) >= 11 is 2.71. The van der Waals surface area contributed by atoms with E-state index < -0.39 is 0 Å². The molecule has 2 rings (SSSR count). The maximum absolute atomic E-state index is 12.1. The van der Waals surface area contributed by atoms with Crippen LogP contribution in [0.2, 0.25) is 0 Å². The second kappa shape index (κ2) is 8.84. The van der Waals surface area contributed by atoms with E-state index in [4.69, 9.17) is 4.74 Å². The lowest BCUT2D eigenvalue weighted by molar-refractivity contribution is -0.115. The minimum Gasteiger partial charge on any atom is -0.462 e. The Balaban J connectivity index is 2.03. The van der Waals surface area contributed by atoms with Crippen LogP contribution in [0.3, 0.4) is 0 Å². The van der Waals surface area contributed by atoms with Gasteiger partial charge in [0, 0.05) is 18.5 Å². The van der Waals surface area contributed by atoms with Crippen molar-refractivity contribution in [2.24, 2.45) is 12.0 Å². The van der Waals surface area contributed by atoms with Crippen molar-refractivity contribution in [3.63, 3.8) is 0 Å². The second-order valence-electron chi connectivity index (χ2n) is 5.06. The van der Waals surface area contributed by atoms with Crippen molar-refractivity contribution < 1.29 is 14.3 Å². The Labute approximate surface area is 149 Å². The van der Waals surface area contributed by atoms with Crippen molar-refractivity contribution in [3.05, 3.63) is 51.3 Å². The third kappa shape index (κ3) is 4.82. The predicted molar refractivity (Wildman–Crippen MR) is 97.2 cm³/mol. The number of hydrogen-bond acceptors (Lipinski definition) is 5. The molecule has 0 saturated carbocycles. The van der Waals surface area contributed by atoms with Crippen LogP contribution >= 0.6 is 23.1 Å². The van der Waals surface area contributed by atoms with E-state index in [0.29, 0.717) is 22.0 Å². The summed E-state index contributed by atoms with van der Waals surface area (Å²) in [7, 11) is 1.79. The first kappa shape index (κ1) is 18.5. The first-order valence-electron chi connectivity index (χ1n) is 7.55. The second-order valence-corrected chi connectivity index (χ2v) is 7.03. The lowest BCUT2D eigenvalue weighted by Gasteiger charge is -2.00. The van der Waals surface area contributed by atoms with E-state index in [2.05, 4.69) is 4.99 Å². The summed E-state index contributed by atoms with van der Waals surface area (Å²) in [4.78, 5) is 29.1. The standard InChI is InChI=1S/C17H20N2O3S2/c1-4-22-16(21)15-12(2)19(3)17(24-15)18-14(20)11-23-10-13-8-6-5-7-9-13/h5-9H,4,10-11H2,1-3H3. The summed E-state index contributed by atoms with van der Waals surface area (Å²) in [5.41, 5.74) is 1.93. The minimum atomic E-state index is -0.372. The third-order valence-corrected chi connectivity index (χ3v) is 5.53. The largest absolute Gasteiger partial charge is 0.462 e. The van der Waals surface area contributed by atoms with E-state index in [1.807, 2.05) is 37.3 Å². The average molecular weight is 364 g/mol. The summed E-state index contributed by atoms with van der Waals surface area (Å²) in [6, 6.07) is 9.99. The molecule has 1 heterocycles. The number of rotatable bonds is 6. The topological polar surface area (TPSA) is 60.7 Å². The Bertz CT molecular complexity index is 779. The number of nitrogens with zero attached hydrogens (tertiary/aromatic N) is 2. The van der Waals surface area contributed by atoms with Gasteiger partial charge in [-0.05, 0) is 19.4 Å². The highest BCUT2D eigenvalue weighted by Gasteiger charge is 2.16. The van der Waals surface area contributed by atoms with Crippen molar-refractivity contribution in [2.45, 2.75) is 19.6 Å². The summed E-state index contributed by atoms with van der Waals surface area (Å²) < 4.78 is 6.77. The number of carbonyl (C=O) groups is 2. The van der Waals surface area contributed by atoms with E-state index in [9.17, 15) is 9.59 Å². The maximum atomic E-state index is 12.1. The summed E-state index contributed by atoms with van der Waals surface area (Å²) in [5.74, 6) is 0.498. The Kier molecular flexibility index (Phi) is 6.81. The molecule has 1 aromatic heterocycles. The lowest BCUT2D eigenvalue weighted by atomic mass is 10.2. The number of amides is 1. The monoisotopic (exact) mass is 364 g/mol. The zero-order valence-electron chi connectivity index (χ0n) is 13.9. The first-order valence-corrected chi connectivity index (χ1v) is 9.52. The average Bonchev–Trinajstić information content (AvgIpc) is 2.84. The number of ether oxygens (including phenoxy) is 1. The van der Waals surface area contributed by atoms with Crippen molar-refractivity contribution >= 4 is 35.0 Å². The van der Waals surface area contributed by atoms with Crippen molar-refractivity contribution in [1.82, 2.24) is 4.57 Å². The van der Waals surface area contributed by atoms with Crippen LogP contribution in [-0.4, -0.2) is 28.8 Å². The van der Waals surface area contributed by atoms with Crippen molar-refractivity contribution in [1.29, 1.82) is 0 Å². The molecule has 0 aliphatic heterocycles. The number of carbonyl (C=O) groups excluding carboxylic acids is 2. The first-order chi connectivity index (χ1) is 11.5. The highest BCUT2D eigenvalue weighted by Crippen LogP contribution is 2.14. The van der Waals surface area contributed by atoms with Gasteiger partial charge in [-0.3, -0.25) is 4.79 Å². The van der Waals surface area contributed by atoms with E-state index in [-0.39, 0.29) is 11.9 Å². The van der Waals surface area contributed by atoms with Gasteiger partial charge in [0.2, 0.25) is 0 Å². The van der Waals surface area contributed by atoms with Crippen LogP contribution in [0.1, 0.15) is 27.9 Å². The molecule has 0 spiro atoms. The SMILES string of the molecule is CCOC(=O)c1sc(=NC(=O)CSCc2ccccc2)n(C)c1C. The molecule has 128 valence electrons. The number of benzene rings is 1. The van der Waals surface area contributed by atoms with Gasteiger partial charge in [0.05, 0.1) is 12.4 Å². The number of hydrogen-bond donors (Lipinski definition) is 0. The van der Waals surface area contributed by atoms with Gasteiger partial charge < -0.3 is 9.30 Å². The zero-order valence-corrected chi connectivity index (χ0v) is 15.6. The molecule has 0 fully saturated rings. The number of aromatic nitrogens is 1. The van der Waals surface area contributed by atoms with Gasteiger partial charge in [0.25, 0.3) is 5.91 Å². The maximum Gasteiger partial charge on any atom is 0.350 e. The quantitative estimate of drug-likeness (QED) is 0.740. The van der Waals surface area contributed by atoms with E-state index in [0.717, 1.165) is 11.4 Å². The smallest absolute Gasteiger partial charge is 0.350 e. The number of thioether (sulfide) groups is 1. The Morgan fingerprint density at radius 3 is 2.67 bits per heavy atom. The van der Waals surface area contributed by atoms with Crippen molar-refractivity contribution in [3.8, 4) is 0 Å². The Morgan fingerprint density at radius 1 is 1.29 bits per heavy atom. The fourth-order valence-electron chi connectivity index (χ4n) is 1.98. The molecule has 24 heavy (non-hydrogen) atoms. The molecule has 2 aromatic rings.